The molecule has 116 valence electrons. The number of nitrogen functional groups attached to an aromatic ring is 1. The van der Waals surface area contributed by atoms with Crippen LogP contribution in [0.15, 0.2) is 0 Å². The molecule has 1 unspecified atom stereocenters. The van der Waals surface area contributed by atoms with Crippen LogP contribution in [0.25, 0.3) is 0 Å². The van der Waals surface area contributed by atoms with Gasteiger partial charge in [0.15, 0.2) is 5.78 Å². The zero-order valence-electron chi connectivity index (χ0n) is 12.1. The molecule has 1 saturated heterocycles. The molecule has 0 radical (unpaired) electrons. The minimum absolute atomic E-state index is 0.0815. The average Bonchev–Trinajstić information content (AvgIpc) is 2.82. The fourth-order valence-corrected chi connectivity index (χ4v) is 3.50. The molecule has 1 amide bonds. The smallest absolute Gasteiger partial charge is 0.253 e. The standard InChI is InChI=1S/C14H21N3O3S/c1-2-9(18)12-11(15)10(13(16)19)14(21-12)17-7-8-5-3-4-6-20-8/h8,17H,2-7,15H2,1H3,(H2,16,19). The molecule has 1 aromatic heterocycles. The molecule has 1 atom stereocenters. The van der Waals surface area contributed by atoms with E-state index in [-0.39, 0.29) is 23.1 Å². The first-order chi connectivity index (χ1) is 10.0. The quantitative estimate of drug-likeness (QED) is 0.696. The third kappa shape index (κ3) is 3.54. The number of Topliss-reactive ketones (excluding diaryl/α,β-unsaturated/α-hetero) is 1. The number of rotatable bonds is 6. The number of hydrogen-bond donors (Lipinski definition) is 3. The van der Waals surface area contributed by atoms with Gasteiger partial charge in [-0.05, 0) is 19.3 Å². The number of carbonyl (C=O) groups excluding carboxylic acids is 2. The van der Waals surface area contributed by atoms with E-state index < -0.39 is 5.91 Å². The van der Waals surface area contributed by atoms with Gasteiger partial charge in [0, 0.05) is 19.6 Å². The van der Waals surface area contributed by atoms with Crippen LogP contribution in [0, 0.1) is 0 Å². The fourth-order valence-electron chi connectivity index (χ4n) is 2.36. The summed E-state index contributed by atoms with van der Waals surface area (Å²) in [6, 6.07) is 0. The Morgan fingerprint density at radius 3 is 2.76 bits per heavy atom. The highest BCUT2D eigenvalue weighted by atomic mass is 32.1. The van der Waals surface area contributed by atoms with Crippen molar-refractivity contribution in [2.75, 3.05) is 24.2 Å². The average molecular weight is 311 g/mol. The molecule has 0 bridgehead atoms. The zero-order valence-corrected chi connectivity index (χ0v) is 12.9. The van der Waals surface area contributed by atoms with Crippen molar-refractivity contribution >= 4 is 33.7 Å². The van der Waals surface area contributed by atoms with Crippen molar-refractivity contribution < 1.29 is 14.3 Å². The second-order valence-corrected chi connectivity index (χ2v) is 6.08. The third-order valence-corrected chi connectivity index (χ3v) is 4.73. The van der Waals surface area contributed by atoms with E-state index >= 15 is 0 Å². The number of amides is 1. The second kappa shape index (κ2) is 6.91. The van der Waals surface area contributed by atoms with Gasteiger partial charge in [0.25, 0.3) is 5.91 Å². The molecule has 0 saturated carbocycles. The lowest BCUT2D eigenvalue weighted by atomic mass is 10.1. The van der Waals surface area contributed by atoms with E-state index in [2.05, 4.69) is 5.32 Å². The Balaban J connectivity index is 2.17. The van der Waals surface area contributed by atoms with Crippen LogP contribution in [0.5, 0.6) is 0 Å². The molecular weight excluding hydrogens is 290 g/mol. The molecule has 21 heavy (non-hydrogen) atoms. The largest absolute Gasteiger partial charge is 0.397 e. The topological polar surface area (TPSA) is 107 Å². The molecule has 2 rings (SSSR count). The molecule has 0 aromatic carbocycles. The summed E-state index contributed by atoms with van der Waals surface area (Å²) in [6.07, 6.45) is 3.67. The molecule has 1 fully saturated rings. The lowest BCUT2D eigenvalue weighted by molar-refractivity contribution is 0.0248. The summed E-state index contributed by atoms with van der Waals surface area (Å²) in [6.45, 7) is 3.11. The van der Waals surface area contributed by atoms with Crippen LogP contribution < -0.4 is 16.8 Å². The number of nitrogens with two attached hydrogens (primary N) is 2. The number of ketones is 1. The van der Waals surface area contributed by atoms with Crippen LogP contribution in [-0.2, 0) is 4.74 Å². The summed E-state index contributed by atoms with van der Waals surface area (Å²) in [5, 5.41) is 3.73. The van der Waals surface area contributed by atoms with Crippen LogP contribution in [0.1, 0.15) is 52.6 Å². The van der Waals surface area contributed by atoms with Gasteiger partial charge in [-0.15, -0.1) is 11.3 Å². The molecule has 1 aliphatic heterocycles. The monoisotopic (exact) mass is 311 g/mol. The van der Waals surface area contributed by atoms with E-state index in [0.717, 1.165) is 25.9 Å². The van der Waals surface area contributed by atoms with Gasteiger partial charge in [0.2, 0.25) is 0 Å². The molecule has 5 N–H and O–H groups in total. The van der Waals surface area contributed by atoms with E-state index in [9.17, 15) is 9.59 Å². The minimum Gasteiger partial charge on any atom is -0.397 e. The molecule has 0 spiro atoms. The number of hydrogen-bond acceptors (Lipinski definition) is 6. The Morgan fingerprint density at radius 1 is 1.43 bits per heavy atom. The van der Waals surface area contributed by atoms with Gasteiger partial charge in [-0.3, -0.25) is 9.59 Å². The lowest BCUT2D eigenvalue weighted by Crippen LogP contribution is -2.27. The first-order valence-corrected chi connectivity index (χ1v) is 7.97. The Labute approximate surface area is 127 Å². The molecule has 6 nitrogen and oxygen atoms in total. The fraction of sp³-hybridized carbons (Fsp3) is 0.571. The van der Waals surface area contributed by atoms with Crippen LogP contribution in [0.4, 0.5) is 10.7 Å². The Morgan fingerprint density at radius 2 is 2.19 bits per heavy atom. The summed E-state index contributed by atoms with van der Waals surface area (Å²) in [7, 11) is 0. The summed E-state index contributed by atoms with van der Waals surface area (Å²) >= 11 is 1.19. The normalized spacial score (nSPS) is 18.4. The van der Waals surface area contributed by atoms with Crippen LogP contribution in [-0.4, -0.2) is 30.9 Å². The first-order valence-electron chi connectivity index (χ1n) is 7.15. The van der Waals surface area contributed by atoms with Crippen molar-refractivity contribution in [3.05, 3.63) is 10.4 Å². The van der Waals surface area contributed by atoms with E-state index in [0.29, 0.717) is 22.8 Å². The third-order valence-electron chi connectivity index (χ3n) is 3.53. The van der Waals surface area contributed by atoms with E-state index in [1.165, 1.54) is 11.3 Å². The van der Waals surface area contributed by atoms with Crippen molar-refractivity contribution in [1.82, 2.24) is 0 Å². The number of nitrogens with one attached hydrogen (secondary N) is 1. The lowest BCUT2D eigenvalue weighted by Gasteiger charge is -2.23. The van der Waals surface area contributed by atoms with Gasteiger partial charge < -0.3 is 21.5 Å². The highest BCUT2D eigenvalue weighted by Gasteiger charge is 2.24. The van der Waals surface area contributed by atoms with Crippen molar-refractivity contribution in [3.63, 3.8) is 0 Å². The van der Waals surface area contributed by atoms with Crippen molar-refractivity contribution in [2.45, 2.75) is 38.7 Å². The van der Waals surface area contributed by atoms with Crippen molar-refractivity contribution in [1.29, 1.82) is 0 Å². The SMILES string of the molecule is CCC(=O)c1sc(NCC2CCCCO2)c(C(N)=O)c1N. The Kier molecular flexibility index (Phi) is 5.19. The predicted molar refractivity (Wildman–Crippen MR) is 84.0 cm³/mol. The van der Waals surface area contributed by atoms with Crippen LogP contribution in [0.2, 0.25) is 0 Å². The molecule has 1 aromatic rings. The van der Waals surface area contributed by atoms with E-state index in [4.69, 9.17) is 16.2 Å². The summed E-state index contributed by atoms with van der Waals surface area (Å²) in [4.78, 5) is 23.8. The van der Waals surface area contributed by atoms with Gasteiger partial charge >= 0.3 is 0 Å². The number of primary amides is 1. The van der Waals surface area contributed by atoms with Gasteiger partial charge in [-0.2, -0.15) is 0 Å². The Bertz CT molecular complexity index is 536. The summed E-state index contributed by atoms with van der Waals surface area (Å²) < 4.78 is 5.63. The van der Waals surface area contributed by atoms with Gasteiger partial charge in [-0.25, -0.2) is 0 Å². The highest BCUT2D eigenvalue weighted by molar-refractivity contribution is 7.19. The molecule has 0 aliphatic carbocycles. The highest BCUT2D eigenvalue weighted by Crippen LogP contribution is 2.36. The number of carbonyl (C=O) groups is 2. The molecule has 7 heteroatoms. The first kappa shape index (κ1) is 15.8. The zero-order chi connectivity index (χ0) is 15.4. The summed E-state index contributed by atoms with van der Waals surface area (Å²) in [5.74, 6) is -0.701. The maximum Gasteiger partial charge on any atom is 0.253 e. The van der Waals surface area contributed by atoms with Gasteiger partial charge in [-0.1, -0.05) is 6.92 Å². The summed E-state index contributed by atoms with van der Waals surface area (Å²) in [5.41, 5.74) is 11.7. The van der Waals surface area contributed by atoms with Crippen LogP contribution >= 0.6 is 11.3 Å². The van der Waals surface area contributed by atoms with Gasteiger partial charge in [0.1, 0.15) is 5.00 Å². The van der Waals surface area contributed by atoms with E-state index in [1.54, 1.807) is 6.92 Å². The number of thiophene rings is 1. The van der Waals surface area contributed by atoms with Gasteiger partial charge in [0.05, 0.1) is 22.2 Å². The molecular formula is C14H21N3O3S. The molecule has 2 heterocycles. The molecule has 1 aliphatic rings. The predicted octanol–water partition coefficient (Wildman–Crippen LogP) is 2.00. The minimum atomic E-state index is -0.619. The van der Waals surface area contributed by atoms with Crippen LogP contribution in [0.3, 0.4) is 0 Å². The second-order valence-electron chi connectivity index (χ2n) is 5.06. The maximum atomic E-state index is 11.9. The van der Waals surface area contributed by atoms with Crippen molar-refractivity contribution in [3.8, 4) is 0 Å². The maximum absolute atomic E-state index is 11.9. The van der Waals surface area contributed by atoms with E-state index in [1.807, 2.05) is 0 Å². The van der Waals surface area contributed by atoms with Crippen molar-refractivity contribution in [2.24, 2.45) is 5.73 Å². The number of ether oxygens (including phenoxy) is 1. The number of anilines is 2. The Hall–Kier alpha value is -1.60.